The second-order valence-electron chi connectivity index (χ2n) is 6.94. The fraction of sp³-hybridized carbons (Fsp3) is 0.800. The average Bonchev–Trinajstić information content (AvgIpc) is 2.80. The smallest absolute Gasteiger partial charge is 0.216 e. The number of ether oxygens (including phenoxy) is 1. The molecule has 0 unspecified atom stereocenters. The number of hydrogen-bond acceptors (Lipinski definition) is 3. The predicted molar refractivity (Wildman–Crippen MR) is 72.8 cm³/mol. The minimum atomic E-state index is 0.230. The standard InChI is InChI=1S/C15H23N3O/c1-19-14-13(8-16)9-17-18(14)15-5-10-2-11(6-15)4-12(3-10)7-15/h9-12H,2-8,16H2,1H3. The Balaban J connectivity index is 1.77. The Morgan fingerprint density at radius 3 is 2.32 bits per heavy atom. The van der Waals surface area contributed by atoms with E-state index in [1.165, 1.54) is 38.5 Å². The van der Waals surface area contributed by atoms with E-state index in [0.717, 1.165) is 29.2 Å². The molecular formula is C15H23N3O. The molecule has 0 aromatic carbocycles. The van der Waals surface area contributed by atoms with Crippen molar-refractivity contribution in [1.29, 1.82) is 0 Å². The second-order valence-corrected chi connectivity index (χ2v) is 6.94. The lowest BCUT2D eigenvalue weighted by Crippen LogP contribution is -2.52. The number of rotatable bonds is 3. The summed E-state index contributed by atoms with van der Waals surface area (Å²) in [5.74, 6) is 3.66. The Kier molecular flexibility index (Phi) is 2.47. The van der Waals surface area contributed by atoms with Gasteiger partial charge in [-0.3, -0.25) is 0 Å². The molecule has 0 radical (unpaired) electrons. The van der Waals surface area contributed by atoms with Crippen molar-refractivity contribution in [3.05, 3.63) is 11.8 Å². The van der Waals surface area contributed by atoms with Crippen molar-refractivity contribution in [3.63, 3.8) is 0 Å². The van der Waals surface area contributed by atoms with E-state index in [0.29, 0.717) is 6.54 Å². The van der Waals surface area contributed by atoms with Gasteiger partial charge in [-0.1, -0.05) is 0 Å². The lowest BCUT2D eigenvalue weighted by Gasteiger charge is -2.56. The van der Waals surface area contributed by atoms with Crippen molar-refractivity contribution in [3.8, 4) is 5.88 Å². The van der Waals surface area contributed by atoms with Gasteiger partial charge >= 0.3 is 0 Å². The van der Waals surface area contributed by atoms with Crippen LogP contribution in [0.4, 0.5) is 0 Å². The van der Waals surface area contributed by atoms with Crippen molar-refractivity contribution in [2.45, 2.75) is 50.6 Å². The second kappa shape index (κ2) is 3.98. The van der Waals surface area contributed by atoms with Crippen LogP contribution < -0.4 is 10.5 Å². The lowest BCUT2D eigenvalue weighted by molar-refractivity contribution is -0.0525. The molecule has 1 aromatic heterocycles. The summed E-state index contributed by atoms with van der Waals surface area (Å²) < 4.78 is 7.81. The summed E-state index contributed by atoms with van der Waals surface area (Å²) >= 11 is 0. The van der Waals surface area contributed by atoms with Gasteiger partial charge in [0.05, 0.1) is 18.8 Å². The summed E-state index contributed by atoms with van der Waals surface area (Å²) in [4.78, 5) is 0. The molecule has 0 spiro atoms. The van der Waals surface area contributed by atoms with Crippen molar-refractivity contribution in [2.24, 2.45) is 23.5 Å². The molecule has 0 atom stereocenters. The molecule has 2 N–H and O–H groups in total. The maximum atomic E-state index is 5.80. The number of methoxy groups -OCH3 is 1. The van der Waals surface area contributed by atoms with Crippen LogP contribution in [0.25, 0.3) is 0 Å². The van der Waals surface area contributed by atoms with E-state index < -0.39 is 0 Å². The number of aromatic nitrogens is 2. The highest BCUT2D eigenvalue weighted by atomic mass is 16.5. The van der Waals surface area contributed by atoms with Crippen molar-refractivity contribution < 1.29 is 4.74 Å². The zero-order chi connectivity index (χ0) is 13.0. The third-order valence-corrected chi connectivity index (χ3v) is 5.66. The van der Waals surface area contributed by atoms with Gasteiger partial charge in [-0.15, -0.1) is 0 Å². The first kappa shape index (κ1) is 11.8. The first-order chi connectivity index (χ1) is 9.24. The zero-order valence-electron chi connectivity index (χ0n) is 11.6. The Labute approximate surface area is 114 Å². The van der Waals surface area contributed by atoms with Crippen LogP contribution in [0.5, 0.6) is 5.88 Å². The van der Waals surface area contributed by atoms with Crippen molar-refractivity contribution in [2.75, 3.05) is 7.11 Å². The highest BCUT2D eigenvalue weighted by Crippen LogP contribution is 2.59. The highest BCUT2D eigenvalue weighted by Gasteiger charge is 2.53. The van der Waals surface area contributed by atoms with Gasteiger partial charge < -0.3 is 10.5 Å². The van der Waals surface area contributed by atoms with Gasteiger partial charge in [0, 0.05) is 12.1 Å². The molecule has 4 aliphatic rings. The molecule has 1 heterocycles. The van der Waals surface area contributed by atoms with E-state index in [2.05, 4.69) is 9.78 Å². The Morgan fingerprint density at radius 2 is 1.84 bits per heavy atom. The van der Waals surface area contributed by atoms with Gasteiger partial charge in [0.25, 0.3) is 0 Å². The third-order valence-electron chi connectivity index (χ3n) is 5.66. The Hall–Kier alpha value is -1.03. The molecule has 4 fully saturated rings. The van der Waals surface area contributed by atoms with Crippen LogP contribution in [-0.4, -0.2) is 16.9 Å². The molecule has 0 saturated heterocycles. The summed E-state index contributed by atoms with van der Waals surface area (Å²) in [6.45, 7) is 0.509. The molecule has 1 aromatic rings. The van der Waals surface area contributed by atoms with Crippen LogP contribution in [-0.2, 0) is 12.1 Å². The van der Waals surface area contributed by atoms with Crippen LogP contribution in [0.1, 0.15) is 44.1 Å². The van der Waals surface area contributed by atoms with Crippen molar-refractivity contribution in [1.82, 2.24) is 9.78 Å². The molecule has 5 rings (SSSR count). The number of nitrogens with two attached hydrogens (primary N) is 1. The highest BCUT2D eigenvalue weighted by molar-refractivity contribution is 5.26. The van der Waals surface area contributed by atoms with Crippen LogP contribution in [0.3, 0.4) is 0 Å². The molecule has 19 heavy (non-hydrogen) atoms. The summed E-state index contributed by atoms with van der Waals surface area (Å²) in [6.07, 6.45) is 10.1. The van der Waals surface area contributed by atoms with E-state index >= 15 is 0 Å². The Bertz CT molecular complexity index is 458. The monoisotopic (exact) mass is 261 g/mol. The van der Waals surface area contributed by atoms with Crippen LogP contribution in [0.2, 0.25) is 0 Å². The van der Waals surface area contributed by atoms with Crippen molar-refractivity contribution >= 4 is 0 Å². The topological polar surface area (TPSA) is 53.1 Å². The fourth-order valence-corrected chi connectivity index (χ4v) is 5.39. The summed E-state index contributed by atoms with van der Waals surface area (Å²) in [7, 11) is 1.74. The lowest BCUT2D eigenvalue weighted by atomic mass is 9.53. The number of hydrogen-bond donors (Lipinski definition) is 1. The number of nitrogens with zero attached hydrogens (tertiary/aromatic N) is 2. The van der Waals surface area contributed by atoms with E-state index in [1.54, 1.807) is 7.11 Å². The maximum absolute atomic E-state index is 5.80. The first-order valence-corrected chi connectivity index (χ1v) is 7.55. The Morgan fingerprint density at radius 1 is 1.26 bits per heavy atom. The zero-order valence-corrected chi connectivity index (χ0v) is 11.6. The van der Waals surface area contributed by atoms with Gasteiger partial charge in [0.1, 0.15) is 0 Å². The molecule has 4 heteroatoms. The molecule has 4 bridgehead atoms. The summed E-state index contributed by atoms with van der Waals surface area (Å²) in [5.41, 5.74) is 7.07. The van der Waals surface area contributed by atoms with Gasteiger partial charge in [-0.05, 0) is 56.3 Å². The molecule has 4 nitrogen and oxygen atoms in total. The SMILES string of the molecule is COc1c(CN)cnn1C12CC3CC(CC(C3)C1)C2. The minimum Gasteiger partial charge on any atom is -0.481 e. The van der Waals surface area contributed by atoms with E-state index in [1.807, 2.05) is 6.20 Å². The molecule has 4 aliphatic carbocycles. The van der Waals surface area contributed by atoms with E-state index in [-0.39, 0.29) is 5.54 Å². The quantitative estimate of drug-likeness (QED) is 0.908. The maximum Gasteiger partial charge on any atom is 0.216 e. The molecule has 0 aliphatic heterocycles. The van der Waals surface area contributed by atoms with E-state index in [9.17, 15) is 0 Å². The summed E-state index contributed by atoms with van der Waals surface area (Å²) in [5, 5.41) is 4.66. The minimum absolute atomic E-state index is 0.230. The summed E-state index contributed by atoms with van der Waals surface area (Å²) in [6, 6.07) is 0. The van der Waals surface area contributed by atoms with Crippen LogP contribution in [0, 0.1) is 17.8 Å². The van der Waals surface area contributed by atoms with Gasteiger partial charge in [0.2, 0.25) is 5.88 Å². The van der Waals surface area contributed by atoms with Gasteiger partial charge in [-0.2, -0.15) is 5.10 Å². The molecule has 0 amide bonds. The van der Waals surface area contributed by atoms with Crippen LogP contribution >= 0.6 is 0 Å². The van der Waals surface area contributed by atoms with Gasteiger partial charge in [-0.25, -0.2) is 4.68 Å². The van der Waals surface area contributed by atoms with E-state index in [4.69, 9.17) is 10.5 Å². The first-order valence-electron chi connectivity index (χ1n) is 7.55. The normalized spacial score (nSPS) is 39.8. The largest absolute Gasteiger partial charge is 0.481 e. The molecule has 104 valence electrons. The third kappa shape index (κ3) is 1.59. The molecule has 4 saturated carbocycles. The average molecular weight is 261 g/mol. The van der Waals surface area contributed by atoms with Crippen LogP contribution in [0.15, 0.2) is 6.20 Å². The van der Waals surface area contributed by atoms with Gasteiger partial charge in [0.15, 0.2) is 0 Å². The molecular weight excluding hydrogens is 238 g/mol. The predicted octanol–water partition coefficient (Wildman–Crippen LogP) is 2.28. The fourth-order valence-electron chi connectivity index (χ4n) is 5.39.